The Morgan fingerprint density at radius 2 is 2.25 bits per heavy atom. The molecule has 1 aliphatic rings. The molecule has 1 atom stereocenters. The third kappa shape index (κ3) is 2.44. The van der Waals surface area contributed by atoms with E-state index >= 15 is 0 Å². The van der Waals surface area contributed by atoms with Gasteiger partial charge in [-0.3, -0.25) is 4.79 Å². The van der Waals surface area contributed by atoms with Crippen molar-refractivity contribution in [3.8, 4) is 0 Å². The highest BCUT2D eigenvalue weighted by Crippen LogP contribution is 2.21. The normalized spacial score (nSPS) is 18.1. The van der Waals surface area contributed by atoms with Gasteiger partial charge in [-0.25, -0.2) is 4.98 Å². The number of para-hydroxylation sites is 1. The second-order valence-electron chi connectivity index (χ2n) is 4.86. The van der Waals surface area contributed by atoms with E-state index in [1.807, 2.05) is 24.3 Å². The van der Waals surface area contributed by atoms with E-state index in [9.17, 15) is 4.79 Å². The van der Waals surface area contributed by atoms with Gasteiger partial charge in [0.2, 0.25) is 0 Å². The number of nitrogens with one attached hydrogen (secondary N) is 2. The molecule has 1 amide bonds. The Morgan fingerprint density at radius 1 is 1.40 bits per heavy atom. The Labute approximate surface area is 117 Å². The fraction of sp³-hybridized carbons (Fsp3) is 0.333. The first-order valence-electron chi connectivity index (χ1n) is 6.74. The van der Waals surface area contributed by atoms with Crippen molar-refractivity contribution in [3.05, 3.63) is 35.9 Å². The van der Waals surface area contributed by atoms with Crippen molar-refractivity contribution in [1.82, 2.24) is 10.3 Å². The van der Waals surface area contributed by atoms with Gasteiger partial charge in [0.1, 0.15) is 5.82 Å². The van der Waals surface area contributed by atoms with Gasteiger partial charge in [0.25, 0.3) is 5.91 Å². The van der Waals surface area contributed by atoms with E-state index in [-0.39, 0.29) is 11.9 Å². The van der Waals surface area contributed by atoms with Crippen molar-refractivity contribution in [2.45, 2.75) is 12.5 Å². The van der Waals surface area contributed by atoms with Gasteiger partial charge in [-0.1, -0.05) is 18.2 Å². The van der Waals surface area contributed by atoms with Crippen LogP contribution < -0.4 is 10.6 Å². The summed E-state index contributed by atoms with van der Waals surface area (Å²) in [5.41, 5.74) is 1.46. The maximum absolute atomic E-state index is 12.5. The van der Waals surface area contributed by atoms with Gasteiger partial charge in [-0.15, -0.1) is 0 Å². The first kappa shape index (κ1) is 12.9. The number of pyridine rings is 1. The van der Waals surface area contributed by atoms with Crippen LogP contribution in [0.1, 0.15) is 16.8 Å². The van der Waals surface area contributed by atoms with E-state index < -0.39 is 0 Å². The van der Waals surface area contributed by atoms with Gasteiger partial charge >= 0.3 is 0 Å². The molecule has 0 aliphatic carbocycles. The molecule has 0 radical (unpaired) electrons. The van der Waals surface area contributed by atoms with Gasteiger partial charge in [-0.05, 0) is 18.6 Å². The molecule has 0 bridgehead atoms. The van der Waals surface area contributed by atoms with Gasteiger partial charge < -0.3 is 15.4 Å². The van der Waals surface area contributed by atoms with Crippen molar-refractivity contribution in [3.63, 3.8) is 0 Å². The fourth-order valence-electron chi connectivity index (χ4n) is 2.40. The summed E-state index contributed by atoms with van der Waals surface area (Å²) in [5.74, 6) is 0.618. The lowest BCUT2D eigenvalue weighted by molar-refractivity contribution is 0.0931. The standard InChI is InChI=1S/C15H17N3O2/c1-16-14-8-12(11-4-2-3-5-13(11)18-14)15(19)17-10-6-7-20-9-10/h2-5,8,10H,6-7,9H2,1H3,(H,16,18)(H,17,19). The van der Waals surface area contributed by atoms with Crippen LogP contribution in [0.3, 0.4) is 0 Å². The number of nitrogens with zero attached hydrogens (tertiary/aromatic N) is 1. The third-order valence-corrected chi connectivity index (χ3v) is 3.48. The summed E-state index contributed by atoms with van der Waals surface area (Å²) in [7, 11) is 1.80. The maximum Gasteiger partial charge on any atom is 0.252 e. The number of benzene rings is 1. The summed E-state index contributed by atoms with van der Waals surface area (Å²) in [6.07, 6.45) is 0.869. The van der Waals surface area contributed by atoms with Crippen molar-refractivity contribution in [2.24, 2.45) is 0 Å². The summed E-state index contributed by atoms with van der Waals surface area (Å²) in [4.78, 5) is 16.9. The lowest BCUT2D eigenvalue weighted by Crippen LogP contribution is -2.35. The van der Waals surface area contributed by atoms with Crippen LogP contribution in [0.15, 0.2) is 30.3 Å². The molecule has 2 heterocycles. The summed E-state index contributed by atoms with van der Waals surface area (Å²) < 4.78 is 5.29. The minimum absolute atomic E-state index is 0.0735. The Balaban J connectivity index is 1.97. The van der Waals surface area contributed by atoms with Crippen molar-refractivity contribution >= 4 is 22.6 Å². The third-order valence-electron chi connectivity index (χ3n) is 3.48. The second-order valence-corrected chi connectivity index (χ2v) is 4.86. The highest BCUT2D eigenvalue weighted by atomic mass is 16.5. The molecule has 1 fully saturated rings. The summed E-state index contributed by atoms with van der Waals surface area (Å²) in [6.45, 7) is 1.30. The van der Waals surface area contributed by atoms with Gasteiger partial charge in [0, 0.05) is 19.0 Å². The van der Waals surface area contributed by atoms with E-state index in [1.54, 1.807) is 13.1 Å². The topological polar surface area (TPSA) is 63.2 Å². The highest BCUT2D eigenvalue weighted by molar-refractivity contribution is 6.07. The Hall–Kier alpha value is -2.14. The summed E-state index contributed by atoms with van der Waals surface area (Å²) in [6, 6.07) is 9.55. The molecule has 1 aromatic carbocycles. The average Bonchev–Trinajstić information content (AvgIpc) is 2.98. The lowest BCUT2D eigenvalue weighted by atomic mass is 10.1. The zero-order valence-corrected chi connectivity index (χ0v) is 11.3. The number of carbonyl (C=O) groups is 1. The van der Waals surface area contributed by atoms with Crippen molar-refractivity contribution in [1.29, 1.82) is 0 Å². The number of hydrogen-bond donors (Lipinski definition) is 2. The average molecular weight is 271 g/mol. The summed E-state index contributed by atoms with van der Waals surface area (Å²) >= 11 is 0. The van der Waals surface area contributed by atoms with Crippen LogP contribution in [0.5, 0.6) is 0 Å². The predicted molar refractivity (Wildman–Crippen MR) is 78.0 cm³/mol. The molecule has 2 aromatic rings. The number of amides is 1. The Kier molecular flexibility index (Phi) is 3.52. The lowest BCUT2D eigenvalue weighted by Gasteiger charge is -2.13. The number of ether oxygens (including phenoxy) is 1. The molecule has 1 aliphatic heterocycles. The Morgan fingerprint density at radius 3 is 3.00 bits per heavy atom. The first-order chi connectivity index (χ1) is 9.78. The second kappa shape index (κ2) is 5.46. The van der Waals surface area contributed by atoms with Gasteiger partial charge in [0.15, 0.2) is 0 Å². The molecule has 5 nitrogen and oxygen atoms in total. The first-order valence-corrected chi connectivity index (χ1v) is 6.74. The van der Waals surface area contributed by atoms with Crippen LogP contribution in [0, 0.1) is 0 Å². The molecule has 1 unspecified atom stereocenters. The molecular weight excluding hydrogens is 254 g/mol. The number of aromatic nitrogens is 1. The zero-order valence-electron chi connectivity index (χ0n) is 11.3. The van der Waals surface area contributed by atoms with Gasteiger partial charge in [0.05, 0.1) is 23.7 Å². The molecule has 5 heteroatoms. The van der Waals surface area contributed by atoms with Crippen LogP contribution in [-0.4, -0.2) is 37.2 Å². The fourth-order valence-corrected chi connectivity index (χ4v) is 2.40. The molecular formula is C15H17N3O2. The minimum Gasteiger partial charge on any atom is -0.379 e. The molecule has 1 aromatic heterocycles. The van der Waals surface area contributed by atoms with E-state index in [4.69, 9.17) is 4.74 Å². The molecule has 0 saturated carbocycles. The Bertz CT molecular complexity index is 636. The molecule has 20 heavy (non-hydrogen) atoms. The van der Waals surface area contributed by atoms with E-state index in [1.165, 1.54) is 0 Å². The number of carbonyl (C=O) groups excluding carboxylic acids is 1. The zero-order chi connectivity index (χ0) is 13.9. The summed E-state index contributed by atoms with van der Waals surface area (Å²) in [5, 5.41) is 6.88. The van der Waals surface area contributed by atoms with Crippen LogP contribution >= 0.6 is 0 Å². The smallest absolute Gasteiger partial charge is 0.252 e. The van der Waals surface area contributed by atoms with Crippen LogP contribution in [-0.2, 0) is 4.74 Å². The minimum atomic E-state index is -0.0735. The molecule has 0 spiro atoms. The van der Waals surface area contributed by atoms with Crippen LogP contribution in [0.4, 0.5) is 5.82 Å². The molecule has 1 saturated heterocycles. The van der Waals surface area contributed by atoms with Crippen molar-refractivity contribution in [2.75, 3.05) is 25.6 Å². The maximum atomic E-state index is 12.5. The largest absolute Gasteiger partial charge is 0.379 e. The number of hydrogen-bond acceptors (Lipinski definition) is 4. The molecule has 104 valence electrons. The van der Waals surface area contributed by atoms with Crippen molar-refractivity contribution < 1.29 is 9.53 Å². The monoisotopic (exact) mass is 271 g/mol. The predicted octanol–water partition coefficient (Wildman–Crippen LogP) is 1.80. The molecule has 3 rings (SSSR count). The van der Waals surface area contributed by atoms with Crippen LogP contribution in [0.2, 0.25) is 0 Å². The number of fused-ring (bicyclic) bond motifs is 1. The van der Waals surface area contributed by atoms with Gasteiger partial charge in [-0.2, -0.15) is 0 Å². The number of anilines is 1. The van der Waals surface area contributed by atoms with E-state index in [2.05, 4.69) is 15.6 Å². The van der Waals surface area contributed by atoms with E-state index in [0.29, 0.717) is 24.6 Å². The van der Waals surface area contributed by atoms with E-state index in [0.717, 1.165) is 17.3 Å². The molecule has 2 N–H and O–H groups in total. The SMILES string of the molecule is CNc1cc(C(=O)NC2CCOC2)c2ccccc2n1. The quantitative estimate of drug-likeness (QED) is 0.893. The highest BCUT2D eigenvalue weighted by Gasteiger charge is 2.20. The number of rotatable bonds is 3. The van der Waals surface area contributed by atoms with Crippen LogP contribution in [0.25, 0.3) is 10.9 Å².